The molecule has 2 N–H and O–H groups in total. The van der Waals surface area contributed by atoms with Gasteiger partial charge in [0, 0.05) is 17.8 Å². The number of amides is 1. The number of halogens is 1. The van der Waals surface area contributed by atoms with Crippen LogP contribution in [0, 0.1) is 6.92 Å². The monoisotopic (exact) mass is 348 g/mol. The van der Waals surface area contributed by atoms with Gasteiger partial charge in [-0.15, -0.1) is 0 Å². The highest BCUT2D eigenvalue weighted by atomic mass is 35.5. The molecule has 2 aromatic rings. The van der Waals surface area contributed by atoms with Crippen LogP contribution in [-0.4, -0.2) is 29.0 Å². The maximum absolute atomic E-state index is 12.2. The zero-order valence-corrected chi connectivity index (χ0v) is 14.9. The fourth-order valence-corrected chi connectivity index (χ4v) is 2.30. The predicted octanol–water partition coefficient (Wildman–Crippen LogP) is 3.72. The van der Waals surface area contributed by atoms with E-state index in [2.05, 4.69) is 20.6 Å². The van der Waals surface area contributed by atoms with E-state index in [4.69, 9.17) is 16.3 Å². The van der Waals surface area contributed by atoms with Crippen molar-refractivity contribution >= 4 is 29.0 Å². The van der Waals surface area contributed by atoms with E-state index < -0.39 is 0 Å². The molecule has 0 fully saturated rings. The largest absolute Gasteiger partial charge is 0.495 e. The van der Waals surface area contributed by atoms with Crippen LogP contribution in [0.5, 0.6) is 5.75 Å². The van der Waals surface area contributed by atoms with E-state index in [0.29, 0.717) is 28.1 Å². The molecular formula is C17H21ClN4O2. The van der Waals surface area contributed by atoms with Crippen molar-refractivity contribution in [1.29, 1.82) is 0 Å². The molecule has 1 unspecified atom stereocenters. The zero-order valence-electron chi connectivity index (χ0n) is 14.2. The molecule has 2 rings (SSSR count). The number of hydrogen-bond donors (Lipinski definition) is 2. The van der Waals surface area contributed by atoms with Crippen LogP contribution in [0.15, 0.2) is 24.3 Å². The molecule has 1 aromatic carbocycles. The van der Waals surface area contributed by atoms with Crippen LogP contribution < -0.4 is 15.4 Å². The third-order valence-electron chi connectivity index (χ3n) is 3.48. The van der Waals surface area contributed by atoms with Gasteiger partial charge in [-0.3, -0.25) is 4.79 Å². The Bertz CT molecular complexity index is 737. The number of benzene rings is 1. The summed E-state index contributed by atoms with van der Waals surface area (Å²) in [6.45, 7) is 5.70. The second-order valence-electron chi connectivity index (χ2n) is 5.44. The van der Waals surface area contributed by atoms with Gasteiger partial charge in [-0.05, 0) is 38.5 Å². The Kier molecular flexibility index (Phi) is 5.98. The maximum Gasteiger partial charge on any atom is 0.270 e. The van der Waals surface area contributed by atoms with E-state index in [-0.39, 0.29) is 11.9 Å². The number of carbonyl (C=O) groups is 1. The molecule has 0 saturated carbocycles. The molecule has 1 atom stereocenters. The Labute approximate surface area is 146 Å². The van der Waals surface area contributed by atoms with Crippen LogP contribution in [0.1, 0.15) is 36.6 Å². The van der Waals surface area contributed by atoms with Crippen LogP contribution in [0.3, 0.4) is 0 Å². The van der Waals surface area contributed by atoms with Gasteiger partial charge in [0.25, 0.3) is 5.91 Å². The van der Waals surface area contributed by atoms with E-state index in [1.54, 1.807) is 32.2 Å². The highest BCUT2D eigenvalue weighted by Gasteiger charge is 2.13. The molecule has 7 heteroatoms. The SMILES string of the molecule is CCC(C)NC(=O)c1cc(Nc2ccc(OC)c(Cl)c2)nc(C)n1. The van der Waals surface area contributed by atoms with Gasteiger partial charge in [0.1, 0.15) is 23.1 Å². The van der Waals surface area contributed by atoms with Gasteiger partial charge in [0.05, 0.1) is 12.1 Å². The third-order valence-corrected chi connectivity index (χ3v) is 3.78. The Morgan fingerprint density at radius 3 is 2.71 bits per heavy atom. The summed E-state index contributed by atoms with van der Waals surface area (Å²) in [5.74, 6) is 1.41. The fourth-order valence-electron chi connectivity index (χ4n) is 2.04. The van der Waals surface area contributed by atoms with E-state index in [0.717, 1.165) is 12.1 Å². The van der Waals surface area contributed by atoms with Gasteiger partial charge in [-0.1, -0.05) is 18.5 Å². The van der Waals surface area contributed by atoms with Crippen molar-refractivity contribution in [1.82, 2.24) is 15.3 Å². The number of aromatic nitrogens is 2. The summed E-state index contributed by atoms with van der Waals surface area (Å²) in [6, 6.07) is 7.01. The number of nitrogens with zero attached hydrogens (tertiary/aromatic N) is 2. The predicted molar refractivity (Wildman–Crippen MR) is 95.3 cm³/mol. The molecule has 128 valence electrons. The smallest absolute Gasteiger partial charge is 0.270 e. The fraction of sp³-hybridized carbons (Fsp3) is 0.353. The van der Waals surface area contributed by atoms with Crippen LogP contribution in [0.4, 0.5) is 11.5 Å². The summed E-state index contributed by atoms with van der Waals surface area (Å²) in [5, 5.41) is 6.51. The Balaban J connectivity index is 2.22. The highest BCUT2D eigenvalue weighted by Crippen LogP contribution is 2.28. The second kappa shape index (κ2) is 7.97. The lowest BCUT2D eigenvalue weighted by Gasteiger charge is -2.13. The molecule has 0 aliphatic heterocycles. The first kappa shape index (κ1) is 18.0. The molecule has 6 nitrogen and oxygen atoms in total. The normalized spacial score (nSPS) is 11.7. The summed E-state index contributed by atoms with van der Waals surface area (Å²) in [6.07, 6.45) is 0.852. The van der Waals surface area contributed by atoms with Crippen molar-refractivity contribution in [3.05, 3.63) is 40.8 Å². The van der Waals surface area contributed by atoms with Crippen LogP contribution >= 0.6 is 11.6 Å². The maximum atomic E-state index is 12.2. The lowest BCUT2D eigenvalue weighted by atomic mass is 10.2. The molecule has 0 aliphatic rings. The van der Waals surface area contributed by atoms with Crippen molar-refractivity contribution in [3.8, 4) is 5.75 Å². The molecule has 0 saturated heterocycles. The van der Waals surface area contributed by atoms with Crippen molar-refractivity contribution in [2.75, 3.05) is 12.4 Å². The van der Waals surface area contributed by atoms with Crippen molar-refractivity contribution < 1.29 is 9.53 Å². The van der Waals surface area contributed by atoms with E-state index in [1.807, 2.05) is 19.9 Å². The molecule has 0 spiro atoms. The Morgan fingerprint density at radius 2 is 2.08 bits per heavy atom. The van der Waals surface area contributed by atoms with Gasteiger partial charge >= 0.3 is 0 Å². The summed E-state index contributed by atoms with van der Waals surface area (Å²) >= 11 is 6.12. The van der Waals surface area contributed by atoms with Crippen LogP contribution in [0.25, 0.3) is 0 Å². The minimum absolute atomic E-state index is 0.0876. The lowest BCUT2D eigenvalue weighted by molar-refractivity contribution is 0.0934. The zero-order chi connectivity index (χ0) is 17.7. The number of aryl methyl sites for hydroxylation is 1. The van der Waals surface area contributed by atoms with Gasteiger partial charge in [-0.25, -0.2) is 9.97 Å². The highest BCUT2D eigenvalue weighted by molar-refractivity contribution is 6.32. The summed E-state index contributed by atoms with van der Waals surface area (Å²) < 4.78 is 5.13. The number of carbonyl (C=O) groups excluding carboxylic acids is 1. The minimum atomic E-state index is -0.217. The number of ether oxygens (including phenoxy) is 1. The van der Waals surface area contributed by atoms with Crippen molar-refractivity contribution in [2.24, 2.45) is 0 Å². The molecule has 1 heterocycles. The Hall–Kier alpha value is -2.34. The molecule has 0 radical (unpaired) electrons. The van der Waals surface area contributed by atoms with Crippen molar-refractivity contribution in [3.63, 3.8) is 0 Å². The molecule has 1 aromatic heterocycles. The number of methoxy groups -OCH3 is 1. The van der Waals surface area contributed by atoms with Gasteiger partial charge in [0.15, 0.2) is 0 Å². The van der Waals surface area contributed by atoms with Gasteiger partial charge in [-0.2, -0.15) is 0 Å². The first-order chi connectivity index (χ1) is 11.4. The molecule has 0 aliphatic carbocycles. The molecule has 24 heavy (non-hydrogen) atoms. The first-order valence-corrected chi connectivity index (χ1v) is 8.07. The quantitative estimate of drug-likeness (QED) is 0.832. The topological polar surface area (TPSA) is 76.1 Å². The third kappa shape index (κ3) is 4.58. The standard InChI is InChI=1S/C17H21ClN4O2/c1-5-10(2)19-17(23)14-9-16(21-11(3)20-14)22-12-6-7-15(24-4)13(18)8-12/h6-10H,5H2,1-4H3,(H,19,23)(H,20,21,22). The minimum Gasteiger partial charge on any atom is -0.495 e. The molecular weight excluding hydrogens is 328 g/mol. The number of anilines is 2. The lowest BCUT2D eigenvalue weighted by Crippen LogP contribution is -2.32. The number of rotatable bonds is 6. The summed E-state index contributed by atoms with van der Waals surface area (Å²) in [5.41, 5.74) is 1.07. The summed E-state index contributed by atoms with van der Waals surface area (Å²) in [4.78, 5) is 20.7. The first-order valence-electron chi connectivity index (χ1n) is 7.70. The van der Waals surface area contributed by atoms with Gasteiger partial charge < -0.3 is 15.4 Å². The second-order valence-corrected chi connectivity index (χ2v) is 5.85. The van der Waals surface area contributed by atoms with E-state index in [9.17, 15) is 4.79 Å². The average molecular weight is 349 g/mol. The Morgan fingerprint density at radius 1 is 1.33 bits per heavy atom. The molecule has 0 bridgehead atoms. The van der Waals surface area contributed by atoms with Crippen LogP contribution in [0.2, 0.25) is 5.02 Å². The van der Waals surface area contributed by atoms with Crippen LogP contribution in [-0.2, 0) is 0 Å². The van der Waals surface area contributed by atoms with Crippen molar-refractivity contribution in [2.45, 2.75) is 33.2 Å². The van der Waals surface area contributed by atoms with E-state index >= 15 is 0 Å². The number of nitrogens with one attached hydrogen (secondary N) is 2. The van der Waals surface area contributed by atoms with E-state index in [1.165, 1.54) is 0 Å². The molecule has 1 amide bonds. The average Bonchev–Trinajstić information content (AvgIpc) is 2.54. The van der Waals surface area contributed by atoms with Gasteiger partial charge in [0.2, 0.25) is 0 Å². The summed E-state index contributed by atoms with van der Waals surface area (Å²) in [7, 11) is 1.56. The number of hydrogen-bond acceptors (Lipinski definition) is 5.